The molecule has 0 spiro atoms. The van der Waals surface area contributed by atoms with Gasteiger partial charge in [0.15, 0.2) is 0 Å². The molecule has 19 heavy (non-hydrogen) atoms. The smallest absolute Gasteiger partial charge is 0.0521 e. The molecule has 0 aliphatic heterocycles. The van der Waals surface area contributed by atoms with Crippen LogP contribution in [0.4, 0.5) is 0 Å². The van der Waals surface area contributed by atoms with Crippen LogP contribution in [0.3, 0.4) is 0 Å². The molecule has 1 aliphatic carbocycles. The van der Waals surface area contributed by atoms with Crippen molar-refractivity contribution in [3.63, 3.8) is 0 Å². The van der Waals surface area contributed by atoms with E-state index in [1.807, 2.05) is 17.9 Å². The second kappa shape index (κ2) is 7.68. The third-order valence-corrected chi connectivity index (χ3v) is 4.32. The summed E-state index contributed by atoms with van der Waals surface area (Å²) in [5, 5.41) is 7.99. The second-order valence-electron chi connectivity index (χ2n) is 6.10. The molecule has 0 aromatic carbocycles. The Labute approximate surface area is 117 Å². The molecule has 1 aliphatic rings. The van der Waals surface area contributed by atoms with E-state index in [1.54, 1.807) is 0 Å². The van der Waals surface area contributed by atoms with Gasteiger partial charge in [0.1, 0.15) is 0 Å². The monoisotopic (exact) mass is 263 g/mol. The average Bonchev–Trinajstić information content (AvgIpc) is 2.70. The van der Waals surface area contributed by atoms with Crippen LogP contribution in [-0.4, -0.2) is 22.4 Å². The molecule has 2 atom stereocenters. The summed E-state index contributed by atoms with van der Waals surface area (Å²) in [7, 11) is 2.00. The van der Waals surface area contributed by atoms with Crippen molar-refractivity contribution in [2.24, 2.45) is 13.0 Å². The molecule has 0 amide bonds. The lowest BCUT2D eigenvalue weighted by Gasteiger charge is -2.21. The van der Waals surface area contributed by atoms with E-state index in [-0.39, 0.29) is 0 Å². The zero-order chi connectivity index (χ0) is 13.5. The molecule has 1 heterocycles. The molecule has 1 aromatic heterocycles. The summed E-state index contributed by atoms with van der Waals surface area (Å²) < 4.78 is 1.91. The fourth-order valence-electron chi connectivity index (χ4n) is 3.23. The zero-order valence-electron chi connectivity index (χ0n) is 12.6. The van der Waals surface area contributed by atoms with Crippen molar-refractivity contribution in [2.75, 3.05) is 6.54 Å². The van der Waals surface area contributed by atoms with Crippen LogP contribution in [0.2, 0.25) is 0 Å². The van der Waals surface area contributed by atoms with Crippen molar-refractivity contribution in [1.82, 2.24) is 15.1 Å². The molecule has 1 aromatic rings. The minimum atomic E-state index is 0.765. The Morgan fingerprint density at radius 2 is 2.21 bits per heavy atom. The van der Waals surface area contributed by atoms with E-state index in [4.69, 9.17) is 0 Å². The van der Waals surface area contributed by atoms with E-state index in [1.165, 1.54) is 63.5 Å². The normalized spacial score (nSPS) is 24.3. The molecule has 1 N–H and O–H groups in total. The third kappa shape index (κ3) is 4.98. The molecule has 3 heteroatoms. The summed E-state index contributed by atoms with van der Waals surface area (Å²) in [4.78, 5) is 0. The molecule has 0 radical (unpaired) electrons. The molecule has 0 saturated heterocycles. The number of nitrogens with zero attached hydrogens (tertiary/aromatic N) is 2. The highest BCUT2D eigenvalue weighted by Crippen LogP contribution is 2.27. The van der Waals surface area contributed by atoms with Gasteiger partial charge in [-0.2, -0.15) is 5.10 Å². The maximum atomic E-state index is 4.26. The summed E-state index contributed by atoms with van der Waals surface area (Å²) >= 11 is 0. The maximum absolute atomic E-state index is 4.26. The van der Waals surface area contributed by atoms with Crippen molar-refractivity contribution in [3.8, 4) is 0 Å². The van der Waals surface area contributed by atoms with E-state index >= 15 is 0 Å². The second-order valence-corrected chi connectivity index (χ2v) is 6.10. The number of hydrogen-bond donors (Lipinski definition) is 1. The van der Waals surface area contributed by atoms with Crippen LogP contribution in [0, 0.1) is 5.92 Å². The van der Waals surface area contributed by atoms with Gasteiger partial charge < -0.3 is 5.32 Å². The van der Waals surface area contributed by atoms with Gasteiger partial charge in [-0.15, -0.1) is 0 Å². The number of rotatable bonds is 6. The van der Waals surface area contributed by atoms with E-state index < -0.39 is 0 Å². The van der Waals surface area contributed by atoms with Crippen LogP contribution in [0.5, 0.6) is 0 Å². The van der Waals surface area contributed by atoms with Gasteiger partial charge in [-0.05, 0) is 50.1 Å². The molecule has 0 bridgehead atoms. The predicted octanol–water partition coefficient (Wildman–Crippen LogP) is 3.30. The molecule has 108 valence electrons. The topological polar surface area (TPSA) is 29.9 Å². The molecule has 1 saturated carbocycles. The van der Waals surface area contributed by atoms with Crippen LogP contribution in [-0.2, 0) is 13.5 Å². The molecule has 2 rings (SSSR count). The van der Waals surface area contributed by atoms with Crippen molar-refractivity contribution < 1.29 is 0 Å². The van der Waals surface area contributed by atoms with E-state index in [0.717, 1.165) is 12.0 Å². The first-order valence-electron chi connectivity index (χ1n) is 7.99. The van der Waals surface area contributed by atoms with Gasteiger partial charge in [0.25, 0.3) is 0 Å². The van der Waals surface area contributed by atoms with Crippen molar-refractivity contribution in [2.45, 2.75) is 64.3 Å². The summed E-state index contributed by atoms with van der Waals surface area (Å²) in [6.07, 6.45) is 14.9. The van der Waals surface area contributed by atoms with Crippen molar-refractivity contribution >= 4 is 0 Å². The predicted molar refractivity (Wildman–Crippen MR) is 80.2 cm³/mol. The molecular weight excluding hydrogens is 234 g/mol. The SMILES string of the molecule is CCCNC1CCCCC(CCc2cnn(C)c2)C1. The van der Waals surface area contributed by atoms with Crippen LogP contribution < -0.4 is 5.32 Å². The Kier molecular flexibility index (Phi) is 5.90. The Morgan fingerprint density at radius 3 is 2.95 bits per heavy atom. The summed E-state index contributed by atoms with van der Waals surface area (Å²) in [5.41, 5.74) is 1.39. The van der Waals surface area contributed by atoms with Gasteiger partial charge >= 0.3 is 0 Å². The molecule has 1 fully saturated rings. The highest BCUT2D eigenvalue weighted by atomic mass is 15.2. The van der Waals surface area contributed by atoms with E-state index in [0.29, 0.717) is 0 Å². The lowest BCUT2D eigenvalue weighted by molar-refractivity contribution is 0.368. The van der Waals surface area contributed by atoms with Gasteiger partial charge in [0.05, 0.1) is 6.20 Å². The highest BCUT2D eigenvalue weighted by molar-refractivity contribution is 5.03. The third-order valence-electron chi connectivity index (χ3n) is 4.32. The summed E-state index contributed by atoms with van der Waals surface area (Å²) in [6, 6.07) is 0.765. The average molecular weight is 263 g/mol. The molecule has 3 nitrogen and oxygen atoms in total. The first kappa shape index (κ1) is 14.6. The Morgan fingerprint density at radius 1 is 1.37 bits per heavy atom. The minimum absolute atomic E-state index is 0.765. The molecule has 2 unspecified atom stereocenters. The van der Waals surface area contributed by atoms with Crippen LogP contribution in [0.1, 0.15) is 57.4 Å². The van der Waals surface area contributed by atoms with Crippen LogP contribution in [0.25, 0.3) is 0 Å². The van der Waals surface area contributed by atoms with Crippen molar-refractivity contribution in [3.05, 3.63) is 18.0 Å². The fraction of sp³-hybridized carbons (Fsp3) is 0.812. The van der Waals surface area contributed by atoms with Crippen LogP contribution in [0.15, 0.2) is 12.4 Å². The van der Waals surface area contributed by atoms with Crippen molar-refractivity contribution in [1.29, 1.82) is 0 Å². The van der Waals surface area contributed by atoms with Crippen LogP contribution >= 0.6 is 0 Å². The number of aryl methyl sites for hydroxylation is 2. The molecular formula is C16H29N3. The van der Waals surface area contributed by atoms with E-state index in [9.17, 15) is 0 Å². The Hall–Kier alpha value is -0.830. The Balaban J connectivity index is 1.77. The fourth-order valence-corrected chi connectivity index (χ4v) is 3.23. The summed E-state index contributed by atoms with van der Waals surface area (Å²) in [5.74, 6) is 0.900. The zero-order valence-corrected chi connectivity index (χ0v) is 12.6. The maximum Gasteiger partial charge on any atom is 0.0521 e. The quantitative estimate of drug-likeness (QED) is 0.798. The van der Waals surface area contributed by atoms with E-state index in [2.05, 4.69) is 23.5 Å². The van der Waals surface area contributed by atoms with Gasteiger partial charge in [0.2, 0.25) is 0 Å². The lowest BCUT2D eigenvalue weighted by Crippen LogP contribution is -2.30. The largest absolute Gasteiger partial charge is 0.314 e. The number of hydrogen-bond acceptors (Lipinski definition) is 2. The van der Waals surface area contributed by atoms with Gasteiger partial charge in [0, 0.05) is 19.3 Å². The summed E-state index contributed by atoms with van der Waals surface area (Å²) in [6.45, 7) is 3.43. The lowest BCUT2D eigenvalue weighted by atomic mass is 9.92. The van der Waals surface area contributed by atoms with Gasteiger partial charge in [-0.25, -0.2) is 0 Å². The Bertz CT molecular complexity index is 359. The number of aromatic nitrogens is 2. The standard InChI is InChI=1S/C16H29N3/c1-3-10-17-16-7-5-4-6-14(11-16)8-9-15-12-18-19(2)13-15/h12-14,16-17H,3-11H2,1-2H3. The highest BCUT2D eigenvalue weighted by Gasteiger charge is 2.19. The number of nitrogens with one attached hydrogen (secondary N) is 1. The van der Waals surface area contributed by atoms with Gasteiger partial charge in [-0.3, -0.25) is 4.68 Å². The van der Waals surface area contributed by atoms with Gasteiger partial charge in [-0.1, -0.05) is 26.2 Å². The first-order chi connectivity index (χ1) is 9.28. The first-order valence-corrected chi connectivity index (χ1v) is 7.99. The minimum Gasteiger partial charge on any atom is -0.314 e.